The summed E-state index contributed by atoms with van der Waals surface area (Å²) < 4.78 is 5.25. The SMILES string of the molecule is COc1cc(NC2CC(c3ccc(C)cc3)C2)ccc1Cl. The second-order valence-electron chi connectivity index (χ2n) is 5.77. The van der Waals surface area contributed by atoms with Crippen molar-refractivity contribution in [3.8, 4) is 5.75 Å². The van der Waals surface area contributed by atoms with Gasteiger partial charge in [-0.2, -0.15) is 0 Å². The summed E-state index contributed by atoms with van der Waals surface area (Å²) in [7, 11) is 1.64. The Kier molecular flexibility index (Phi) is 4.07. The van der Waals surface area contributed by atoms with E-state index in [9.17, 15) is 0 Å². The molecule has 0 aromatic heterocycles. The fourth-order valence-corrected chi connectivity index (χ4v) is 3.03. The van der Waals surface area contributed by atoms with E-state index in [1.165, 1.54) is 24.0 Å². The average Bonchev–Trinajstić information content (AvgIpc) is 2.45. The minimum atomic E-state index is 0.530. The maximum Gasteiger partial charge on any atom is 0.139 e. The van der Waals surface area contributed by atoms with Crippen LogP contribution in [0.4, 0.5) is 5.69 Å². The number of nitrogens with one attached hydrogen (secondary N) is 1. The summed E-state index contributed by atoms with van der Waals surface area (Å²) >= 11 is 6.04. The molecule has 0 aliphatic heterocycles. The third-order valence-corrected chi connectivity index (χ3v) is 4.52. The zero-order valence-electron chi connectivity index (χ0n) is 12.4. The third-order valence-electron chi connectivity index (χ3n) is 4.21. The predicted octanol–water partition coefficient (Wildman–Crippen LogP) is 5.02. The van der Waals surface area contributed by atoms with Gasteiger partial charge in [0.15, 0.2) is 0 Å². The van der Waals surface area contributed by atoms with Crippen molar-refractivity contribution in [1.82, 2.24) is 0 Å². The van der Waals surface area contributed by atoms with Crippen LogP contribution in [0.5, 0.6) is 5.75 Å². The van der Waals surface area contributed by atoms with Gasteiger partial charge in [-0.15, -0.1) is 0 Å². The lowest BCUT2D eigenvalue weighted by Crippen LogP contribution is -2.33. The predicted molar refractivity (Wildman–Crippen MR) is 88.6 cm³/mol. The molecule has 3 heteroatoms. The first-order valence-electron chi connectivity index (χ1n) is 7.32. The van der Waals surface area contributed by atoms with Gasteiger partial charge >= 0.3 is 0 Å². The van der Waals surface area contributed by atoms with Crippen molar-refractivity contribution in [2.75, 3.05) is 12.4 Å². The van der Waals surface area contributed by atoms with Crippen LogP contribution in [0.1, 0.15) is 29.9 Å². The topological polar surface area (TPSA) is 21.3 Å². The van der Waals surface area contributed by atoms with Gasteiger partial charge in [0.1, 0.15) is 5.75 Å². The van der Waals surface area contributed by atoms with Gasteiger partial charge in [-0.3, -0.25) is 0 Å². The van der Waals surface area contributed by atoms with Crippen LogP contribution < -0.4 is 10.1 Å². The fraction of sp³-hybridized carbons (Fsp3) is 0.333. The first-order valence-corrected chi connectivity index (χ1v) is 7.70. The number of aryl methyl sites for hydroxylation is 1. The summed E-state index contributed by atoms with van der Waals surface area (Å²) in [5, 5.41) is 4.20. The zero-order valence-corrected chi connectivity index (χ0v) is 13.2. The molecule has 21 heavy (non-hydrogen) atoms. The minimum absolute atomic E-state index is 0.530. The minimum Gasteiger partial charge on any atom is -0.495 e. The van der Waals surface area contributed by atoms with Crippen molar-refractivity contribution in [3.63, 3.8) is 0 Å². The Bertz CT molecular complexity index is 618. The number of ether oxygens (including phenoxy) is 1. The maximum atomic E-state index is 6.04. The summed E-state index contributed by atoms with van der Waals surface area (Å²) in [5.41, 5.74) is 3.84. The molecule has 1 N–H and O–H groups in total. The van der Waals surface area contributed by atoms with E-state index < -0.39 is 0 Å². The summed E-state index contributed by atoms with van der Waals surface area (Å²) in [4.78, 5) is 0. The molecule has 2 aromatic rings. The molecule has 3 rings (SSSR count). The Hall–Kier alpha value is -1.67. The molecule has 1 aliphatic rings. The lowest BCUT2D eigenvalue weighted by molar-refractivity contribution is 0.373. The van der Waals surface area contributed by atoms with Gasteiger partial charge in [-0.05, 0) is 43.4 Å². The second kappa shape index (κ2) is 5.98. The quantitative estimate of drug-likeness (QED) is 0.856. The number of benzene rings is 2. The molecule has 0 amide bonds. The maximum absolute atomic E-state index is 6.04. The highest BCUT2D eigenvalue weighted by molar-refractivity contribution is 6.32. The van der Waals surface area contributed by atoms with E-state index in [2.05, 4.69) is 36.5 Å². The van der Waals surface area contributed by atoms with Gasteiger partial charge in [-0.25, -0.2) is 0 Å². The number of halogens is 1. The van der Waals surface area contributed by atoms with Crippen molar-refractivity contribution in [2.45, 2.75) is 31.7 Å². The molecule has 0 spiro atoms. The van der Waals surface area contributed by atoms with Crippen LogP contribution in [0, 0.1) is 6.92 Å². The largest absolute Gasteiger partial charge is 0.495 e. The molecular formula is C18H20ClNO. The van der Waals surface area contributed by atoms with Gasteiger partial charge in [0, 0.05) is 17.8 Å². The van der Waals surface area contributed by atoms with Crippen molar-refractivity contribution in [3.05, 3.63) is 58.6 Å². The molecule has 0 heterocycles. The van der Waals surface area contributed by atoms with Gasteiger partial charge in [-0.1, -0.05) is 41.4 Å². The van der Waals surface area contributed by atoms with Crippen LogP contribution in [-0.4, -0.2) is 13.2 Å². The van der Waals surface area contributed by atoms with Crippen LogP contribution in [-0.2, 0) is 0 Å². The highest BCUT2D eigenvalue weighted by atomic mass is 35.5. The van der Waals surface area contributed by atoms with Crippen LogP contribution >= 0.6 is 11.6 Å². The van der Waals surface area contributed by atoms with E-state index in [4.69, 9.17) is 16.3 Å². The van der Waals surface area contributed by atoms with Crippen LogP contribution in [0.2, 0.25) is 5.02 Å². The molecule has 110 valence electrons. The smallest absolute Gasteiger partial charge is 0.139 e. The van der Waals surface area contributed by atoms with Gasteiger partial charge in [0.05, 0.1) is 12.1 Å². The van der Waals surface area contributed by atoms with Crippen molar-refractivity contribution >= 4 is 17.3 Å². The first-order chi connectivity index (χ1) is 10.2. The summed E-state index contributed by atoms with van der Waals surface area (Å²) in [6.45, 7) is 2.13. The summed E-state index contributed by atoms with van der Waals surface area (Å²) in [6.07, 6.45) is 2.35. The molecule has 2 aromatic carbocycles. The van der Waals surface area contributed by atoms with Gasteiger partial charge in [0.2, 0.25) is 0 Å². The zero-order chi connectivity index (χ0) is 14.8. The number of rotatable bonds is 4. The normalized spacial score (nSPS) is 20.7. The molecule has 0 atom stereocenters. The Morgan fingerprint density at radius 3 is 2.48 bits per heavy atom. The molecule has 1 fully saturated rings. The number of hydrogen-bond acceptors (Lipinski definition) is 2. The summed E-state index contributed by atoms with van der Waals surface area (Å²) in [5.74, 6) is 1.40. The lowest BCUT2D eigenvalue weighted by Gasteiger charge is -2.37. The van der Waals surface area contributed by atoms with E-state index in [1.807, 2.05) is 18.2 Å². The van der Waals surface area contributed by atoms with Crippen molar-refractivity contribution < 1.29 is 4.74 Å². The highest BCUT2D eigenvalue weighted by Crippen LogP contribution is 2.39. The Morgan fingerprint density at radius 2 is 1.81 bits per heavy atom. The van der Waals surface area contributed by atoms with E-state index in [1.54, 1.807) is 7.11 Å². The van der Waals surface area contributed by atoms with Gasteiger partial charge in [0.25, 0.3) is 0 Å². The van der Waals surface area contributed by atoms with E-state index >= 15 is 0 Å². The Balaban J connectivity index is 1.58. The van der Waals surface area contributed by atoms with Crippen LogP contribution in [0.3, 0.4) is 0 Å². The van der Waals surface area contributed by atoms with E-state index in [0.29, 0.717) is 17.0 Å². The van der Waals surface area contributed by atoms with Crippen LogP contribution in [0.25, 0.3) is 0 Å². The molecular weight excluding hydrogens is 282 g/mol. The van der Waals surface area contributed by atoms with Crippen molar-refractivity contribution in [2.24, 2.45) is 0 Å². The van der Waals surface area contributed by atoms with Gasteiger partial charge < -0.3 is 10.1 Å². The van der Waals surface area contributed by atoms with Crippen LogP contribution in [0.15, 0.2) is 42.5 Å². The second-order valence-corrected chi connectivity index (χ2v) is 6.18. The fourth-order valence-electron chi connectivity index (χ4n) is 2.83. The summed E-state index contributed by atoms with van der Waals surface area (Å²) in [6, 6.07) is 15.3. The Labute approximate surface area is 131 Å². The Morgan fingerprint density at radius 1 is 1.10 bits per heavy atom. The standard InChI is InChI=1S/C18H20ClNO/c1-12-3-5-13(6-4-12)14-9-16(10-14)20-15-7-8-17(19)18(11-15)21-2/h3-8,11,14,16,20H,9-10H2,1-2H3. The number of hydrogen-bond donors (Lipinski definition) is 1. The average molecular weight is 302 g/mol. The number of anilines is 1. The van der Waals surface area contributed by atoms with Crippen molar-refractivity contribution in [1.29, 1.82) is 0 Å². The number of methoxy groups -OCH3 is 1. The monoisotopic (exact) mass is 301 g/mol. The molecule has 0 saturated heterocycles. The molecule has 0 radical (unpaired) electrons. The molecule has 0 bridgehead atoms. The molecule has 2 nitrogen and oxygen atoms in total. The molecule has 1 aliphatic carbocycles. The lowest BCUT2D eigenvalue weighted by atomic mass is 9.75. The first kappa shape index (κ1) is 14.3. The molecule has 1 saturated carbocycles. The molecule has 0 unspecified atom stereocenters. The van der Waals surface area contributed by atoms with E-state index in [-0.39, 0.29) is 0 Å². The third kappa shape index (κ3) is 3.16. The van der Waals surface area contributed by atoms with E-state index in [0.717, 1.165) is 11.4 Å². The highest BCUT2D eigenvalue weighted by Gasteiger charge is 2.30.